The third-order valence-electron chi connectivity index (χ3n) is 5.08. The summed E-state index contributed by atoms with van der Waals surface area (Å²) in [6, 6.07) is 9.74. The maximum Gasteiger partial charge on any atom is 0.264 e. The van der Waals surface area contributed by atoms with Crippen molar-refractivity contribution in [2.75, 3.05) is 49.6 Å². The lowest BCUT2D eigenvalue weighted by molar-refractivity contribution is -0.116. The molecule has 1 N–H and O–H groups in total. The van der Waals surface area contributed by atoms with Gasteiger partial charge in [0.15, 0.2) is 0 Å². The molecular formula is C22H29N3O3S. The highest BCUT2D eigenvalue weighted by molar-refractivity contribution is 7.14. The summed E-state index contributed by atoms with van der Waals surface area (Å²) in [6.07, 6.45) is 0.914. The van der Waals surface area contributed by atoms with E-state index < -0.39 is 0 Å². The molecule has 1 aliphatic rings. The van der Waals surface area contributed by atoms with E-state index >= 15 is 0 Å². The van der Waals surface area contributed by atoms with Crippen molar-refractivity contribution >= 4 is 34.5 Å². The van der Waals surface area contributed by atoms with Gasteiger partial charge in [-0.05, 0) is 56.2 Å². The van der Waals surface area contributed by atoms with E-state index in [2.05, 4.69) is 17.1 Å². The van der Waals surface area contributed by atoms with Crippen LogP contribution >= 0.6 is 11.3 Å². The van der Waals surface area contributed by atoms with E-state index in [1.54, 1.807) is 4.90 Å². The lowest BCUT2D eigenvalue weighted by Crippen LogP contribution is -2.37. The molecule has 2 heterocycles. The number of amides is 2. The Labute approximate surface area is 176 Å². The molecule has 2 amide bonds. The number of hydrogen-bond acceptors (Lipinski definition) is 5. The Hall–Kier alpha value is -2.38. The van der Waals surface area contributed by atoms with E-state index in [0.717, 1.165) is 49.7 Å². The van der Waals surface area contributed by atoms with Gasteiger partial charge < -0.3 is 19.9 Å². The molecule has 0 bridgehead atoms. The standard InChI is InChI=1S/C22H29N3O3S/c1-4-19-16(3)14-20(29-19)22(27)24(5-2)15-21(26)23-17-6-8-18(9-7-17)25-10-12-28-13-11-25/h6-9,14H,4-5,10-13,15H2,1-3H3,(H,23,26). The summed E-state index contributed by atoms with van der Waals surface area (Å²) in [5.74, 6) is -0.276. The number of nitrogens with zero attached hydrogens (tertiary/aromatic N) is 2. The van der Waals surface area contributed by atoms with Crippen molar-refractivity contribution in [1.29, 1.82) is 0 Å². The van der Waals surface area contributed by atoms with Crippen LogP contribution in [0.2, 0.25) is 0 Å². The maximum absolute atomic E-state index is 12.8. The Morgan fingerprint density at radius 2 is 1.86 bits per heavy atom. The predicted octanol–water partition coefficient (Wildman–Crippen LogP) is 3.56. The summed E-state index contributed by atoms with van der Waals surface area (Å²) in [7, 11) is 0. The molecule has 2 aromatic rings. The number of thiophene rings is 1. The zero-order valence-corrected chi connectivity index (χ0v) is 18.2. The van der Waals surface area contributed by atoms with Gasteiger partial charge in [0.1, 0.15) is 6.54 Å². The van der Waals surface area contributed by atoms with Crippen LogP contribution in [0.4, 0.5) is 11.4 Å². The summed E-state index contributed by atoms with van der Waals surface area (Å²) < 4.78 is 5.38. The van der Waals surface area contributed by atoms with Crippen LogP contribution in [0.15, 0.2) is 30.3 Å². The molecule has 1 aromatic heterocycles. The molecular weight excluding hydrogens is 386 g/mol. The van der Waals surface area contributed by atoms with E-state index in [4.69, 9.17) is 4.74 Å². The first-order chi connectivity index (χ1) is 14.0. The second-order valence-electron chi connectivity index (χ2n) is 7.08. The molecule has 1 fully saturated rings. The molecule has 0 atom stereocenters. The summed E-state index contributed by atoms with van der Waals surface area (Å²) in [4.78, 5) is 31.1. The van der Waals surface area contributed by atoms with E-state index in [1.165, 1.54) is 16.2 Å². The Balaban J connectivity index is 1.58. The Kier molecular flexibility index (Phi) is 7.28. The lowest BCUT2D eigenvalue weighted by atomic mass is 10.2. The second kappa shape index (κ2) is 9.89. The number of benzene rings is 1. The van der Waals surface area contributed by atoms with Crippen molar-refractivity contribution in [2.24, 2.45) is 0 Å². The number of aryl methyl sites for hydroxylation is 2. The zero-order chi connectivity index (χ0) is 20.8. The SMILES string of the molecule is CCc1sc(C(=O)N(CC)CC(=O)Nc2ccc(N3CCOCC3)cc2)cc1C. The quantitative estimate of drug-likeness (QED) is 0.751. The van der Waals surface area contributed by atoms with Gasteiger partial charge in [0.05, 0.1) is 18.1 Å². The minimum absolute atomic E-state index is 0.0406. The highest BCUT2D eigenvalue weighted by atomic mass is 32.1. The van der Waals surface area contributed by atoms with Crippen LogP contribution < -0.4 is 10.2 Å². The van der Waals surface area contributed by atoms with Gasteiger partial charge in [-0.1, -0.05) is 6.92 Å². The maximum atomic E-state index is 12.8. The van der Waals surface area contributed by atoms with Gasteiger partial charge in [0.2, 0.25) is 5.91 Å². The van der Waals surface area contributed by atoms with Gasteiger partial charge in [0, 0.05) is 35.9 Å². The fraction of sp³-hybridized carbons (Fsp3) is 0.455. The first-order valence-corrected chi connectivity index (χ1v) is 10.9. The van der Waals surface area contributed by atoms with Gasteiger partial charge >= 0.3 is 0 Å². The normalized spacial score (nSPS) is 14.0. The van der Waals surface area contributed by atoms with Gasteiger partial charge in [0.25, 0.3) is 5.91 Å². The molecule has 1 aromatic carbocycles. The fourth-order valence-electron chi connectivity index (χ4n) is 3.41. The molecule has 0 saturated carbocycles. The minimum Gasteiger partial charge on any atom is -0.378 e. The smallest absolute Gasteiger partial charge is 0.264 e. The molecule has 7 heteroatoms. The van der Waals surface area contributed by atoms with Crippen molar-refractivity contribution in [2.45, 2.75) is 27.2 Å². The number of likely N-dealkylation sites (N-methyl/N-ethyl adjacent to an activating group) is 1. The molecule has 1 saturated heterocycles. The van der Waals surface area contributed by atoms with Crippen molar-refractivity contribution in [1.82, 2.24) is 4.90 Å². The second-order valence-corrected chi connectivity index (χ2v) is 8.22. The number of anilines is 2. The van der Waals surface area contributed by atoms with Gasteiger partial charge in [-0.25, -0.2) is 0 Å². The minimum atomic E-state index is -0.191. The van der Waals surface area contributed by atoms with Crippen molar-refractivity contribution in [3.8, 4) is 0 Å². The monoisotopic (exact) mass is 415 g/mol. The van der Waals surface area contributed by atoms with Crippen LogP contribution in [0.3, 0.4) is 0 Å². The number of carbonyl (C=O) groups excluding carboxylic acids is 2. The summed E-state index contributed by atoms with van der Waals surface area (Å²) in [5, 5.41) is 2.90. The van der Waals surface area contributed by atoms with E-state index in [9.17, 15) is 9.59 Å². The molecule has 0 radical (unpaired) electrons. The first-order valence-electron chi connectivity index (χ1n) is 10.1. The summed E-state index contributed by atoms with van der Waals surface area (Å²) in [5.41, 5.74) is 2.99. The number of nitrogens with one attached hydrogen (secondary N) is 1. The first kappa shape index (κ1) is 21.3. The van der Waals surface area contributed by atoms with Crippen LogP contribution in [0.1, 0.15) is 34.0 Å². The highest BCUT2D eigenvalue weighted by Crippen LogP contribution is 2.24. The number of carbonyl (C=O) groups is 2. The molecule has 0 aliphatic carbocycles. The Bertz CT molecular complexity index is 841. The van der Waals surface area contributed by atoms with Gasteiger partial charge in [-0.3, -0.25) is 9.59 Å². The number of morpholine rings is 1. The number of hydrogen-bond donors (Lipinski definition) is 1. The van der Waals surface area contributed by atoms with Gasteiger partial charge in [-0.2, -0.15) is 0 Å². The predicted molar refractivity (Wildman–Crippen MR) is 118 cm³/mol. The topological polar surface area (TPSA) is 61.9 Å². The number of rotatable bonds is 7. The van der Waals surface area contributed by atoms with E-state index in [-0.39, 0.29) is 18.4 Å². The van der Waals surface area contributed by atoms with Crippen LogP contribution in [0.5, 0.6) is 0 Å². The van der Waals surface area contributed by atoms with Crippen molar-refractivity contribution in [3.63, 3.8) is 0 Å². The molecule has 29 heavy (non-hydrogen) atoms. The Morgan fingerprint density at radius 1 is 1.17 bits per heavy atom. The van der Waals surface area contributed by atoms with Crippen LogP contribution in [0.25, 0.3) is 0 Å². The molecule has 0 unspecified atom stereocenters. The lowest BCUT2D eigenvalue weighted by Gasteiger charge is -2.29. The molecule has 156 valence electrons. The van der Waals surface area contributed by atoms with Crippen molar-refractivity contribution in [3.05, 3.63) is 45.6 Å². The molecule has 1 aliphatic heterocycles. The molecule has 6 nitrogen and oxygen atoms in total. The summed E-state index contributed by atoms with van der Waals surface area (Å²) >= 11 is 1.52. The highest BCUT2D eigenvalue weighted by Gasteiger charge is 2.20. The average molecular weight is 416 g/mol. The van der Waals surface area contributed by atoms with Crippen molar-refractivity contribution < 1.29 is 14.3 Å². The largest absolute Gasteiger partial charge is 0.378 e. The van der Waals surface area contributed by atoms with Gasteiger partial charge in [-0.15, -0.1) is 11.3 Å². The molecule has 0 spiro atoms. The fourth-order valence-corrected chi connectivity index (χ4v) is 4.49. The Morgan fingerprint density at radius 3 is 2.45 bits per heavy atom. The number of ether oxygens (including phenoxy) is 1. The third-order valence-corrected chi connectivity index (χ3v) is 6.45. The van der Waals surface area contributed by atoms with Crippen LogP contribution in [0, 0.1) is 6.92 Å². The summed E-state index contributed by atoms with van der Waals surface area (Å²) in [6.45, 7) is 9.76. The van der Waals surface area contributed by atoms with E-state index in [1.807, 2.05) is 44.2 Å². The average Bonchev–Trinajstić information content (AvgIpc) is 3.13. The van der Waals surface area contributed by atoms with E-state index in [0.29, 0.717) is 11.4 Å². The third kappa shape index (κ3) is 5.36. The molecule has 3 rings (SSSR count). The van der Waals surface area contributed by atoms with Crippen LogP contribution in [-0.2, 0) is 16.0 Å². The van der Waals surface area contributed by atoms with Crippen LogP contribution in [-0.4, -0.2) is 56.1 Å². The zero-order valence-electron chi connectivity index (χ0n) is 17.4.